The van der Waals surface area contributed by atoms with Gasteiger partial charge in [0.25, 0.3) is 5.91 Å². The summed E-state index contributed by atoms with van der Waals surface area (Å²) in [4.78, 5) is 34.9. The van der Waals surface area contributed by atoms with E-state index in [2.05, 4.69) is 10.6 Å². The first kappa shape index (κ1) is 20.4. The number of carbonyl (C=O) groups is 3. The molecule has 0 saturated carbocycles. The van der Waals surface area contributed by atoms with Gasteiger partial charge >= 0.3 is 45.9 Å². The molecule has 1 aromatic carbocycles. The molecule has 5 N–H and O–H groups in total. The van der Waals surface area contributed by atoms with Gasteiger partial charge in [-0.15, -0.1) is 0 Å². The maximum Gasteiger partial charge on any atom is 1.00 e. The van der Waals surface area contributed by atoms with Crippen molar-refractivity contribution >= 4 is 28.1 Å². The Morgan fingerprint density at radius 2 is 1.92 bits per heavy atom. The third-order valence-corrected chi connectivity index (χ3v) is 4.06. The summed E-state index contributed by atoms with van der Waals surface area (Å²) in [5.41, 5.74) is 5.47. The van der Waals surface area contributed by atoms with Gasteiger partial charge in [0.2, 0.25) is 5.91 Å². The Morgan fingerprint density at radius 3 is 2.38 bits per heavy atom. The van der Waals surface area contributed by atoms with E-state index in [9.17, 15) is 22.8 Å². The summed E-state index contributed by atoms with van der Waals surface area (Å²) in [6.45, 7) is -0.387. The van der Waals surface area contributed by atoms with Gasteiger partial charge in [0, 0.05) is 0 Å². The standard InChI is InChI=1S/C12H14N4O6S.Na.H/c13-12(19)15-9(7-4-2-1-3-5-7)10(17)14-8-6-16(11(8)18)23(20,21)22;;/h1-5,8-9H,6H2,(H,14,17)(H3,13,15,19)(H,20,21,22);;/q;+1;-1. The van der Waals surface area contributed by atoms with Crippen molar-refractivity contribution in [3.8, 4) is 0 Å². The van der Waals surface area contributed by atoms with Gasteiger partial charge in [-0.3, -0.25) is 14.1 Å². The topological polar surface area (TPSA) is 159 Å². The van der Waals surface area contributed by atoms with Crippen LogP contribution in [0.5, 0.6) is 0 Å². The second kappa shape index (κ2) is 7.94. The molecule has 1 fully saturated rings. The van der Waals surface area contributed by atoms with Gasteiger partial charge in [-0.2, -0.15) is 8.42 Å². The van der Waals surface area contributed by atoms with Crippen LogP contribution in [0.15, 0.2) is 30.3 Å². The quantitative estimate of drug-likeness (QED) is 0.234. The van der Waals surface area contributed by atoms with Crippen molar-refractivity contribution in [2.45, 2.75) is 12.1 Å². The van der Waals surface area contributed by atoms with E-state index in [0.717, 1.165) is 0 Å². The van der Waals surface area contributed by atoms with Crippen LogP contribution in [0.25, 0.3) is 0 Å². The largest absolute Gasteiger partial charge is 1.00 e. The molecule has 2 rings (SSSR count). The summed E-state index contributed by atoms with van der Waals surface area (Å²) in [6.07, 6.45) is 0. The van der Waals surface area contributed by atoms with Gasteiger partial charge in [-0.05, 0) is 5.56 Å². The molecule has 0 spiro atoms. The molecule has 0 aliphatic carbocycles. The number of amides is 4. The van der Waals surface area contributed by atoms with E-state index in [-0.39, 0.29) is 41.8 Å². The van der Waals surface area contributed by atoms with Crippen molar-refractivity contribution in [1.29, 1.82) is 0 Å². The predicted molar refractivity (Wildman–Crippen MR) is 78.2 cm³/mol. The van der Waals surface area contributed by atoms with E-state index in [1.807, 2.05) is 0 Å². The number of carbonyl (C=O) groups excluding carboxylic acids is 3. The predicted octanol–water partition coefficient (Wildman–Crippen LogP) is -4.36. The van der Waals surface area contributed by atoms with Gasteiger partial charge in [0.1, 0.15) is 12.1 Å². The van der Waals surface area contributed by atoms with Gasteiger partial charge in [-0.25, -0.2) is 9.10 Å². The molecule has 10 nitrogen and oxygen atoms in total. The zero-order valence-electron chi connectivity index (χ0n) is 13.7. The molecule has 0 radical (unpaired) electrons. The van der Waals surface area contributed by atoms with Crippen LogP contribution in [0, 0.1) is 0 Å². The zero-order valence-corrected chi connectivity index (χ0v) is 15.5. The van der Waals surface area contributed by atoms with Gasteiger partial charge in [-0.1, -0.05) is 30.3 Å². The van der Waals surface area contributed by atoms with E-state index >= 15 is 0 Å². The molecule has 1 saturated heterocycles. The Kier molecular flexibility index (Phi) is 6.75. The fraction of sp³-hybridized carbons (Fsp3) is 0.250. The molecule has 0 bridgehead atoms. The third kappa shape index (κ3) is 4.68. The molecular weight excluding hydrogens is 351 g/mol. The number of nitrogens with one attached hydrogen (secondary N) is 2. The average molecular weight is 366 g/mol. The minimum absolute atomic E-state index is 0. The molecule has 1 aromatic rings. The number of primary amides is 1. The maximum absolute atomic E-state index is 12.2. The zero-order chi connectivity index (χ0) is 17.2. The minimum atomic E-state index is -4.63. The first-order valence-corrected chi connectivity index (χ1v) is 7.80. The number of urea groups is 1. The molecule has 1 aliphatic heterocycles. The Morgan fingerprint density at radius 1 is 1.33 bits per heavy atom. The molecule has 12 heteroatoms. The van der Waals surface area contributed by atoms with Crippen LogP contribution in [0.3, 0.4) is 0 Å². The van der Waals surface area contributed by atoms with Crippen LogP contribution in [-0.2, 0) is 19.9 Å². The van der Waals surface area contributed by atoms with Crippen molar-refractivity contribution in [3.63, 3.8) is 0 Å². The molecule has 1 heterocycles. The SMILES string of the molecule is NC(=O)NC(C(=O)NC1CN(S(=O)(=O)O)C1=O)c1ccccc1.[H-].[Na+]. The number of nitrogens with zero attached hydrogens (tertiary/aromatic N) is 1. The molecule has 2 atom stereocenters. The third-order valence-electron chi connectivity index (χ3n) is 3.17. The van der Waals surface area contributed by atoms with Crippen LogP contribution in [-0.4, -0.2) is 47.7 Å². The molecule has 2 unspecified atom stereocenters. The summed E-state index contributed by atoms with van der Waals surface area (Å²) < 4.78 is 30.6. The fourth-order valence-corrected chi connectivity index (χ4v) is 2.75. The second-order valence-electron chi connectivity index (χ2n) is 4.76. The first-order chi connectivity index (χ1) is 10.7. The molecule has 4 amide bonds. The van der Waals surface area contributed by atoms with E-state index in [1.165, 1.54) is 0 Å². The Balaban J connectivity index is 0.00000288. The normalized spacial score (nSPS) is 18.0. The molecule has 0 aromatic heterocycles. The summed E-state index contributed by atoms with van der Waals surface area (Å²) in [5.74, 6) is -1.70. The number of benzene rings is 1. The van der Waals surface area contributed by atoms with Crippen molar-refractivity contribution in [2.24, 2.45) is 5.73 Å². The molecule has 1 aliphatic rings. The Bertz CT molecular complexity index is 747. The first-order valence-electron chi connectivity index (χ1n) is 6.40. The van der Waals surface area contributed by atoms with Crippen molar-refractivity contribution < 1.29 is 58.3 Å². The average Bonchev–Trinajstić information content (AvgIpc) is 2.47. The smallest absolute Gasteiger partial charge is 1.00 e. The summed E-state index contributed by atoms with van der Waals surface area (Å²) in [5, 5.41) is 4.54. The van der Waals surface area contributed by atoms with E-state index in [0.29, 0.717) is 5.56 Å². The van der Waals surface area contributed by atoms with Gasteiger partial charge in [0.05, 0.1) is 6.54 Å². The summed E-state index contributed by atoms with van der Waals surface area (Å²) in [6, 6.07) is 4.97. The van der Waals surface area contributed by atoms with E-state index in [4.69, 9.17) is 10.3 Å². The monoisotopic (exact) mass is 366 g/mol. The number of β-lactam (4-membered cyclic amide) rings is 1. The van der Waals surface area contributed by atoms with Crippen molar-refractivity contribution in [1.82, 2.24) is 14.9 Å². The van der Waals surface area contributed by atoms with Crippen molar-refractivity contribution in [3.05, 3.63) is 35.9 Å². The Hall–Kier alpha value is -1.66. The van der Waals surface area contributed by atoms with Gasteiger partial charge in [0.15, 0.2) is 0 Å². The van der Waals surface area contributed by atoms with Crippen LogP contribution in [0.2, 0.25) is 0 Å². The Labute approximate surface area is 161 Å². The summed E-state index contributed by atoms with van der Waals surface area (Å²) in [7, 11) is -4.63. The summed E-state index contributed by atoms with van der Waals surface area (Å²) >= 11 is 0. The minimum Gasteiger partial charge on any atom is -1.00 e. The van der Waals surface area contributed by atoms with Crippen LogP contribution < -0.4 is 45.9 Å². The molecule has 126 valence electrons. The van der Waals surface area contributed by atoms with Gasteiger partial charge < -0.3 is 17.8 Å². The maximum atomic E-state index is 12.2. The number of nitrogens with two attached hydrogens (primary N) is 1. The number of hydrogen-bond donors (Lipinski definition) is 4. The van der Waals surface area contributed by atoms with Crippen LogP contribution >= 0.6 is 0 Å². The fourth-order valence-electron chi connectivity index (χ4n) is 2.05. The molecular formula is C12H15N4NaO6S. The second-order valence-corrected chi connectivity index (χ2v) is 6.10. The van der Waals surface area contributed by atoms with E-state index < -0.39 is 40.2 Å². The number of hydrogen-bond acceptors (Lipinski definition) is 5. The number of rotatable bonds is 5. The van der Waals surface area contributed by atoms with Crippen LogP contribution in [0.1, 0.15) is 13.0 Å². The van der Waals surface area contributed by atoms with Crippen LogP contribution in [0.4, 0.5) is 4.79 Å². The molecule has 24 heavy (non-hydrogen) atoms. The van der Waals surface area contributed by atoms with E-state index in [1.54, 1.807) is 30.3 Å². The van der Waals surface area contributed by atoms with Crippen molar-refractivity contribution in [2.75, 3.05) is 6.54 Å².